The molecule has 3 nitrogen and oxygen atoms in total. The zero-order chi connectivity index (χ0) is 14.6. The fourth-order valence-corrected chi connectivity index (χ4v) is 3.55. The Morgan fingerprint density at radius 2 is 1.75 bits per heavy atom. The summed E-state index contributed by atoms with van der Waals surface area (Å²) in [5.41, 5.74) is 3.05. The first-order chi connectivity index (χ1) is 9.83. The number of ether oxygens (including phenoxy) is 1. The Kier molecular flexibility index (Phi) is 10.3. The van der Waals surface area contributed by atoms with Gasteiger partial charge in [-0.3, -0.25) is 11.3 Å². The molecule has 0 aromatic heterocycles. The van der Waals surface area contributed by atoms with E-state index in [1.165, 1.54) is 64.2 Å². The highest BCUT2D eigenvalue weighted by atomic mass is 16.5. The predicted molar refractivity (Wildman–Crippen MR) is 86.5 cm³/mol. The van der Waals surface area contributed by atoms with Crippen molar-refractivity contribution in [2.24, 2.45) is 11.8 Å². The molecule has 0 radical (unpaired) electrons. The van der Waals surface area contributed by atoms with Gasteiger partial charge in [0.2, 0.25) is 0 Å². The number of unbranched alkanes of at least 4 members (excludes halogenated alkanes) is 4. The Balaban J connectivity index is 2.39. The third-order valence-corrected chi connectivity index (χ3v) is 4.70. The summed E-state index contributed by atoms with van der Waals surface area (Å²) in [5, 5.41) is 0. The number of hydrazine groups is 1. The van der Waals surface area contributed by atoms with Crippen LogP contribution in [0, 0.1) is 5.92 Å². The number of hydrogen-bond acceptors (Lipinski definition) is 3. The van der Waals surface area contributed by atoms with Gasteiger partial charge in [-0.25, -0.2) is 0 Å². The van der Waals surface area contributed by atoms with E-state index in [9.17, 15) is 0 Å². The second kappa shape index (κ2) is 11.5. The van der Waals surface area contributed by atoms with Crippen molar-refractivity contribution in [1.82, 2.24) is 5.43 Å². The standard InChI is InChI=1S/C17H36N2O/c1-3-5-6-7-11-14-16(19-18)17(20-4-2)15-12-9-8-10-13-15/h15-17,19H,3-14,18H2,1-2H3. The number of rotatable bonds is 11. The van der Waals surface area contributed by atoms with E-state index in [1.54, 1.807) is 0 Å². The zero-order valence-corrected chi connectivity index (χ0v) is 13.7. The van der Waals surface area contributed by atoms with Gasteiger partial charge in [0.1, 0.15) is 0 Å². The van der Waals surface area contributed by atoms with Gasteiger partial charge in [0.15, 0.2) is 0 Å². The molecular weight excluding hydrogens is 248 g/mol. The molecule has 3 heteroatoms. The normalized spacial score (nSPS) is 19.9. The van der Waals surface area contributed by atoms with Crippen molar-refractivity contribution < 1.29 is 4.74 Å². The Labute approximate surface area is 126 Å². The Morgan fingerprint density at radius 1 is 1.05 bits per heavy atom. The minimum atomic E-state index is 0.316. The highest BCUT2D eigenvalue weighted by Crippen LogP contribution is 2.30. The largest absolute Gasteiger partial charge is 0.377 e. The van der Waals surface area contributed by atoms with Gasteiger partial charge < -0.3 is 4.74 Å². The van der Waals surface area contributed by atoms with Crippen LogP contribution in [-0.4, -0.2) is 18.8 Å². The van der Waals surface area contributed by atoms with Crippen LogP contribution in [0.25, 0.3) is 0 Å². The van der Waals surface area contributed by atoms with Crippen molar-refractivity contribution in [3.8, 4) is 0 Å². The van der Waals surface area contributed by atoms with Gasteiger partial charge in [0.25, 0.3) is 0 Å². The lowest BCUT2D eigenvalue weighted by atomic mass is 9.81. The van der Waals surface area contributed by atoms with E-state index < -0.39 is 0 Å². The van der Waals surface area contributed by atoms with E-state index in [1.807, 2.05) is 0 Å². The van der Waals surface area contributed by atoms with E-state index in [4.69, 9.17) is 10.6 Å². The van der Waals surface area contributed by atoms with Crippen LogP contribution in [0.1, 0.15) is 84.5 Å². The van der Waals surface area contributed by atoms with Crippen LogP contribution in [-0.2, 0) is 4.74 Å². The zero-order valence-electron chi connectivity index (χ0n) is 13.7. The first kappa shape index (κ1) is 17.9. The molecule has 0 bridgehead atoms. The Morgan fingerprint density at radius 3 is 2.35 bits per heavy atom. The van der Waals surface area contributed by atoms with Gasteiger partial charge in [-0.2, -0.15) is 0 Å². The first-order valence-corrected chi connectivity index (χ1v) is 8.91. The average Bonchev–Trinajstić information content (AvgIpc) is 2.50. The lowest BCUT2D eigenvalue weighted by Crippen LogP contribution is -2.49. The molecule has 3 N–H and O–H groups in total. The number of nitrogens with one attached hydrogen (secondary N) is 1. The summed E-state index contributed by atoms with van der Waals surface area (Å²) < 4.78 is 6.07. The summed E-state index contributed by atoms with van der Waals surface area (Å²) in [7, 11) is 0. The van der Waals surface area contributed by atoms with Crippen molar-refractivity contribution in [3.63, 3.8) is 0 Å². The highest BCUT2D eigenvalue weighted by molar-refractivity contribution is 4.84. The monoisotopic (exact) mass is 284 g/mol. The van der Waals surface area contributed by atoms with Gasteiger partial charge in [-0.15, -0.1) is 0 Å². The van der Waals surface area contributed by atoms with Gasteiger partial charge in [0.05, 0.1) is 6.10 Å². The predicted octanol–water partition coefficient (Wildman–Crippen LogP) is 4.16. The fourth-order valence-electron chi connectivity index (χ4n) is 3.55. The van der Waals surface area contributed by atoms with Crippen molar-refractivity contribution in [3.05, 3.63) is 0 Å². The highest BCUT2D eigenvalue weighted by Gasteiger charge is 2.30. The minimum absolute atomic E-state index is 0.316. The Hall–Kier alpha value is -0.120. The molecule has 0 heterocycles. The average molecular weight is 284 g/mol. The molecule has 0 saturated heterocycles. The molecule has 1 rings (SSSR count). The van der Waals surface area contributed by atoms with Crippen LogP contribution in [0.3, 0.4) is 0 Å². The summed E-state index contributed by atoms with van der Waals surface area (Å²) in [6.07, 6.45) is 14.9. The number of hydrogen-bond donors (Lipinski definition) is 2. The third kappa shape index (κ3) is 6.55. The van der Waals surface area contributed by atoms with Crippen LogP contribution in [0.15, 0.2) is 0 Å². The van der Waals surface area contributed by atoms with Crippen molar-refractivity contribution in [1.29, 1.82) is 0 Å². The maximum atomic E-state index is 6.07. The second-order valence-corrected chi connectivity index (χ2v) is 6.29. The third-order valence-electron chi connectivity index (χ3n) is 4.70. The Bertz CT molecular complexity index is 217. The summed E-state index contributed by atoms with van der Waals surface area (Å²) in [4.78, 5) is 0. The van der Waals surface area contributed by atoms with Crippen molar-refractivity contribution in [2.45, 2.75) is 96.6 Å². The van der Waals surface area contributed by atoms with Gasteiger partial charge in [-0.1, -0.05) is 58.3 Å². The molecule has 1 fully saturated rings. The molecule has 1 aliphatic rings. The molecule has 1 saturated carbocycles. The SMILES string of the molecule is CCCCCCCC(NN)C(OCC)C1CCCCC1. The maximum absolute atomic E-state index is 6.07. The fraction of sp³-hybridized carbons (Fsp3) is 1.00. The number of nitrogens with two attached hydrogens (primary N) is 1. The summed E-state index contributed by atoms with van der Waals surface area (Å²) >= 11 is 0. The van der Waals surface area contributed by atoms with Crippen LogP contribution in [0.5, 0.6) is 0 Å². The van der Waals surface area contributed by atoms with Crippen LogP contribution < -0.4 is 11.3 Å². The lowest BCUT2D eigenvalue weighted by molar-refractivity contribution is -0.0199. The van der Waals surface area contributed by atoms with E-state index >= 15 is 0 Å². The molecular formula is C17H36N2O. The van der Waals surface area contributed by atoms with Gasteiger partial charge in [-0.05, 0) is 32.1 Å². The van der Waals surface area contributed by atoms with Gasteiger partial charge >= 0.3 is 0 Å². The summed E-state index contributed by atoms with van der Waals surface area (Å²) in [6, 6.07) is 0.333. The maximum Gasteiger partial charge on any atom is 0.0769 e. The molecule has 0 spiro atoms. The van der Waals surface area contributed by atoms with E-state index in [0.717, 1.165) is 13.0 Å². The van der Waals surface area contributed by atoms with Crippen LogP contribution in [0.4, 0.5) is 0 Å². The molecule has 0 aliphatic heterocycles. The lowest BCUT2D eigenvalue weighted by Gasteiger charge is -2.35. The molecule has 0 amide bonds. The molecule has 1 aliphatic carbocycles. The molecule has 0 aromatic rings. The van der Waals surface area contributed by atoms with Crippen LogP contribution >= 0.6 is 0 Å². The molecule has 0 aromatic carbocycles. The van der Waals surface area contributed by atoms with Gasteiger partial charge in [0, 0.05) is 12.6 Å². The molecule has 120 valence electrons. The van der Waals surface area contributed by atoms with Crippen LogP contribution in [0.2, 0.25) is 0 Å². The second-order valence-electron chi connectivity index (χ2n) is 6.29. The molecule has 2 atom stereocenters. The summed E-state index contributed by atoms with van der Waals surface area (Å²) in [5.74, 6) is 6.53. The van der Waals surface area contributed by atoms with E-state index in [0.29, 0.717) is 18.1 Å². The quantitative estimate of drug-likeness (QED) is 0.340. The topological polar surface area (TPSA) is 47.3 Å². The van der Waals surface area contributed by atoms with E-state index in [2.05, 4.69) is 19.3 Å². The minimum Gasteiger partial charge on any atom is -0.377 e. The molecule has 20 heavy (non-hydrogen) atoms. The van der Waals surface area contributed by atoms with Crippen molar-refractivity contribution >= 4 is 0 Å². The smallest absolute Gasteiger partial charge is 0.0769 e. The first-order valence-electron chi connectivity index (χ1n) is 8.91. The molecule has 2 unspecified atom stereocenters. The summed E-state index contributed by atoms with van der Waals surface area (Å²) in [6.45, 7) is 5.16. The van der Waals surface area contributed by atoms with E-state index in [-0.39, 0.29) is 0 Å². The van der Waals surface area contributed by atoms with Crippen molar-refractivity contribution in [2.75, 3.05) is 6.61 Å².